The molecule has 1 atom stereocenters. The summed E-state index contributed by atoms with van der Waals surface area (Å²) in [5.41, 5.74) is 0. The highest BCUT2D eigenvalue weighted by atomic mass is 32.1. The van der Waals surface area contributed by atoms with Crippen molar-refractivity contribution in [1.82, 2.24) is 0 Å². The summed E-state index contributed by atoms with van der Waals surface area (Å²) < 4.78 is 4.98. The van der Waals surface area contributed by atoms with Gasteiger partial charge in [0.05, 0.1) is 6.61 Å². The van der Waals surface area contributed by atoms with Gasteiger partial charge in [-0.2, -0.15) is 12.6 Å². The number of esters is 1. The van der Waals surface area contributed by atoms with Crippen LogP contribution in [0.25, 0.3) is 0 Å². The number of hydrogen-bond donors (Lipinski definition) is 1. The normalized spacial score (nSPS) is 12.5. The van der Waals surface area contributed by atoms with E-state index in [4.69, 9.17) is 4.74 Å². The molecule has 0 spiro atoms. The summed E-state index contributed by atoms with van der Waals surface area (Å²) >= 11 is 4.44. The smallest absolute Gasteiger partial charge is 0.305 e. The maximum Gasteiger partial charge on any atom is 0.305 e. The van der Waals surface area contributed by atoms with Crippen LogP contribution in [0.15, 0.2) is 0 Å². The molecule has 0 aliphatic carbocycles. The number of unbranched alkanes of at least 4 members (excludes halogenated alkanes) is 2. The van der Waals surface area contributed by atoms with Crippen LogP contribution in [0.2, 0.25) is 0 Å². The van der Waals surface area contributed by atoms with Gasteiger partial charge in [-0.05, 0) is 12.8 Å². The highest BCUT2D eigenvalue weighted by Crippen LogP contribution is 2.12. The molecule has 3 heteroatoms. The van der Waals surface area contributed by atoms with E-state index >= 15 is 0 Å². The van der Waals surface area contributed by atoms with Crippen LogP contribution in [0.1, 0.15) is 52.4 Å². The molecule has 0 rings (SSSR count). The lowest BCUT2D eigenvalue weighted by Crippen LogP contribution is -2.09. The molecule has 0 heterocycles. The Bertz CT molecular complexity index is 148. The van der Waals surface area contributed by atoms with Crippen LogP contribution >= 0.6 is 12.6 Å². The van der Waals surface area contributed by atoms with Crippen LogP contribution < -0.4 is 0 Å². The van der Waals surface area contributed by atoms with Crippen molar-refractivity contribution < 1.29 is 9.53 Å². The van der Waals surface area contributed by atoms with E-state index in [0.29, 0.717) is 18.3 Å². The molecule has 0 radical (unpaired) electrons. The first-order valence-electron chi connectivity index (χ1n) is 5.54. The van der Waals surface area contributed by atoms with Crippen LogP contribution in [0.3, 0.4) is 0 Å². The summed E-state index contributed by atoms with van der Waals surface area (Å²) in [5, 5.41) is 0.381. The lowest BCUT2D eigenvalue weighted by Gasteiger charge is -2.10. The van der Waals surface area contributed by atoms with Gasteiger partial charge < -0.3 is 4.74 Å². The molecule has 0 fully saturated rings. The molecule has 0 aromatic heterocycles. The highest BCUT2D eigenvalue weighted by Gasteiger charge is 2.04. The lowest BCUT2D eigenvalue weighted by atomic mass is 10.1. The minimum absolute atomic E-state index is 0.112. The molecule has 0 bridgehead atoms. The number of rotatable bonds is 8. The van der Waals surface area contributed by atoms with E-state index in [0.717, 1.165) is 12.8 Å². The molecule has 0 N–H and O–H groups in total. The molecule has 14 heavy (non-hydrogen) atoms. The van der Waals surface area contributed by atoms with E-state index in [-0.39, 0.29) is 5.97 Å². The number of carbonyl (C=O) groups excluding carboxylic acids is 1. The molecule has 84 valence electrons. The van der Waals surface area contributed by atoms with Crippen molar-refractivity contribution in [2.45, 2.75) is 57.6 Å². The van der Waals surface area contributed by atoms with Gasteiger partial charge in [0.25, 0.3) is 0 Å². The van der Waals surface area contributed by atoms with E-state index in [1.54, 1.807) is 0 Å². The second-order valence-electron chi connectivity index (χ2n) is 3.51. The van der Waals surface area contributed by atoms with Crippen LogP contribution in [0.4, 0.5) is 0 Å². The third-order valence-corrected chi connectivity index (χ3v) is 2.66. The molecule has 0 saturated heterocycles. The van der Waals surface area contributed by atoms with Crippen molar-refractivity contribution >= 4 is 18.6 Å². The summed E-state index contributed by atoms with van der Waals surface area (Å²) in [6.07, 6.45) is 6.20. The molecule has 2 nitrogen and oxygen atoms in total. The lowest BCUT2D eigenvalue weighted by molar-refractivity contribution is -0.143. The quantitative estimate of drug-likeness (QED) is 0.385. The Morgan fingerprint density at radius 2 is 2.00 bits per heavy atom. The average molecular weight is 218 g/mol. The van der Waals surface area contributed by atoms with Crippen molar-refractivity contribution in [3.63, 3.8) is 0 Å². The fourth-order valence-electron chi connectivity index (χ4n) is 1.19. The van der Waals surface area contributed by atoms with Crippen LogP contribution in [0, 0.1) is 0 Å². The van der Waals surface area contributed by atoms with E-state index in [2.05, 4.69) is 19.6 Å². The van der Waals surface area contributed by atoms with Crippen molar-refractivity contribution in [2.24, 2.45) is 0 Å². The van der Waals surface area contributed by atoms with Crippen molar-refractivity contribution in [1.29, 1.82) is 0 Å². The fraction of sp³-hybridized carbons (Fsp3) is 0.909. The van der Waals surface area contributed by atoms with Crippen LogP contribution in [-0.2, 0) is 9.53 Å². The third-order valence-electron chi connectivity index (χ3n) is 2.14. The zero-order valence-corrected chi connectivity index (χ0v) is 10.2. The fourth-order valence-corrected chi connectivity index (χ4v) is 1.47. The zero-order valence-electron chi connectivity index (χ0n) is 9.29. The number of carbonyl (C=O) groups is 1. The summed E-state index contributed by atoms with van der Waals surface area (Å²) in [5.74, 6) is -0.112. The molecule has 0 aliphatic heterocycles. The van der Waals surface area contributed by atoms with Gasteiger partial charge in [0, 0.05) is 11.7 Å². The molecular formula is C11H22O2S. The van der Waals surface area contributed by atoms with E-state index in [1.807, 2.05) is 6.92 Å². The molecular weight excluding hydrogens is 196 g/mol. The van der Waals surface area contributed by atoms with Crippen molar-refractivity contribution in [3.8, 4) is 0 Å². The molecule has 1 unspecified atom stereocenters. The van der Waals surface area contributed by atoms with Gasteiger partial charge in [-0.25, -0.2) is 0 Å². The second-order valence-corrected chi connectivity index (χ2v) is 4.24. The second kappa shape index (κ2) is 9.38. The largest absolute Gasteiger partial charge is 0.466 e. The number of ether oxygens (including phenoxy) is 1. The molecule has 0 aromatic rings. The number of thiol groups is 1. The van der Waals surface area contributed by atoms with Gasteiger partial charge in [0.15, 0.2) is 0 Å². The van der Waals surface area contributed by atoms with Gasteiger partial charge in [-0.15, -0.1) is 0 Å². The Labute approximate surface area is 92.8 Å². The van der Waals surface area contributed by atoms with Gasteiger partial charge >= 0.3 is 5.97 Å². The summed E-state index contributed by atoms with van der Waals surface area (Å²) in [6.45, 7) is 4.52. The summed E-state index contributed by atoms with van der Waals surface area (Å²) in [4.78, 5) is 10.8. The summed E-state index contributed by atoms with van der Waals surface area (Å²) in [6, 6.07) is 0. The first-order valence-corrected chi connectivity index (χ1v) is 6.06. The van der Waals surface area contributed by atoms with Crippen LogP contribution in [0.5, 0.6) is 0 Å². The van der Waals surface area contributed by atoms with Crippen molar-refractivity contribution in [3.05, 3.63) is 0 Å². The molecule has 0 amide bonds. The van der Waals surface area contributed by atoms with E-state index in [9.17, 15) is 4.79 Å². The number of hydrogen-bond acceptors (Lipinski definition) is 3. The molecule has 0 aliphatic rings. The Morgan fingerprint density at radius 1 is 1.29 bits per heavy atom. The Hall–Kier alpha value is -0.180. The Morgan fingerprint density at radius 3 is 2.57 bits per heavy atom. The molecule has 0 saturated carbocycles. The maximum atomic E-state index is 10.8. The maximum absolute atomic E-state index is 10.8. The zero-order chi connectivity index (χ0) is 10.8. The van der Waals surface area contributed by atoms with Gasteiger partial charge in [-0.1, -0.05) is 33.1 Å². The minimum atomic E-state index is -0.112. The predicted molar refractivity (Wildman–Crippen MR) is 62.8 cm³/mol. The van der Waals surface area contributed by atoms with Crippen molar-refractivity contribution in [2.75, 3.05) is 6.61 Å². The Kier molecular flexibility index (Phi) is 9.26. The SMILES string of the molecule is CCCCCC(S)CCOC(=O)CC. The first-order chi connectivity index (χ1) is 6.70. The third kappa shape index (κ3) is 8.42. The predicted octanol–water partition coefficient (Wildman–Crippen LogP) is 3.21. The average Bonchev–Trinajstić information content (AvgIpc) is 2.18. The van der Waals surface area contributed by atoms with Gasteiger partial charge in [0.2, 0.25) is 0 Å². The molecule has 0 aromatic carbocycles. The van der Waals surface area contributed by atoms with Gasteiger partial charge in [-0.3, -0.25) is 4.79 Å². The van der Waals surface area contributed by atoms with E-state index in [1.165, 1.54) is 19.3 Å². The highest BCUT2D eigenvalue weighted by molar-refractivity contribution is 7.80. The topological polar surface area (TPSA) is 26.3 Å². The monoisotopic (exact) mass is 218 g/mol. The van der Waals surface area contributed by atoms with Gasteiger partial charge in [0.1, 0.15) is 0 Å². The minimum Gasteiger partial charge on any atom is -0.466 e. The Balaban J connectivity index is 3.26. The van der Waals surface area contributed by atoms with Crippen LogP contribution in [-0.4, -0.2) is 17.8 Å². The first kappa shape index (κ1) is 13.8. The summed E-state index contributed by atoms with van der Waals surface area (Å²) in [7, 11) is 0. The standard InChI is InChI=1S/C11H22O2S/c1-3-5-6-7-10(14)8-9-13-11(12)4-2/h10,14H,3-9H2,1-2H3. The van der Waals surface area contributed by atoms with E-state index < -0.39 is 0 Å².